The number of fused-ring (bicyclic) bond motifs is 7. The summed E-state index contributed by atoms with van der Waals surface area (Å²) in [4.78, 5) is 10.5. The fourth-order valence-corrected chi connectivity index (χ4v) is 10.0. The summed E-state index contributed by atoms with van der Waals surface area (Å²) >= 11 is 3.71. The Morgan fingerprint density at radius 2 is 0.778 bits per heavy atom. The van der Waals surface area contributed by atoms with E-state index < -0.39 is 0 Å². The van der Waals surface area contributed by atoms with E-state index in [1.165, 1.54) is 62.2 Å². The molecular formula is C50H30N2S2. The summed E-state index contributed by atoms with van der Waals surface area (Å²) in [5.41, 5.74) is 9.59. The van der Waals surface area contributed by atoms with Gasteiger partial charge in [0.15, 0.2) is 5.82 Å². The average Bonchev–Trinajstić information content (AvgIpc) is 3.81. The summed E-state index contributed by atoms with van der Waals surface area (Å²) in [5.74, 6) is 0.710. The molecular weight excluding hydrogens is 693 g/mol. The summed E-state index contributed by atoms with van der Waals surface area (Å²) in [6, 6.07) is 65.7. The first-order valence-corrected chi connectivity index (χ1v) is 19.8. The maximum absolute atomic E-state index is 5.28. The maximum Gasteiger partial charge on any atom is 0.160 e. The third-order valence-electron chi connectivity index (χ3n) is 10.5. The summed E-state index contributed by atoms with van der Waals surface area (Å²) in [6.45, 7) is 0. The predicted octanol–water partition coefficient (Wildman–Crippen LogP) is 14.7. The molecule has 2 nitrogen and oxygen atoms in total. The lowest BCUT2D eigenvalue weighted by atomic mass is 9.93. The zero-order valence-electron chi connectivity index (χ0n) is 29.0. The molecule has 0 saturated carbocycles. The van der Waals surface area contributed by atoms with E-state index in [-0.39, 0.29) is 0 Å². The van der Waals surface area contributed by atoms with Crippen molar-refractivity contribution < 1.29 is 0 Å². The predicted molar refractivity (Wildman–Crippen MR) is 232 cm³/mol. The van der Waals surface area contributed by atoms with E-state index in [0.29, 0.717) is 5.82 Å². The normalized spacial score (nSPS) is 11.7. The van der Waals surface area contributed by atoms with Crippen LogP contribution in [0.15, 0.2) is 182 Å². The van der Waals surface area contributed by atoms with E-state index in [2.05, 4.69) is 164 Å². The van der Waals surface area contributed by atoms with Crippen molar-refractivity contribution in [3.63, 3.8) is 0 Å². The molecule has 0 atom stereocenters. The Morgan fingerprint density at radius 1 is 0.278 bits per heavy atom. The number of benzene rings is 8. The van der Waals surface area contributed by atoms with Gasteiger partial charge in [0.25, 0.3) is 0 Å². The molecule has 0 aliphatic heterocycles. The van der Waals surface area contributed by atoms with Crippen LogP contribution in [0.3, 0.4) is 0 Å². The molecule has 0 bridgehead atoms. The molecule has 54 heavy (non-hydrogen) atoms. The summed E-state index contributed by atoms with van der Waals surface area (Å²) in [6.07, 6.45) is 0. The molecule has 0 aliphatic carbocycles. The number of rotatable bonds is 5. The van der Waals surface area contributed by atoms with Gasteiger partial charge in [-0.25, -0.2) is 9.97 Å². The molecule has 4 heteroatoms. The van der Waals surface area contributed by atoms with Gasteiger partial charge in [0.1, 0.15) is 0 Å². The number of aromatic nitrogens is 2. The van der Waals surface area contributed by atoms with Gasteiger partial charge in [-0.1, -0.05) is 127 Å². The van der Waals surface area contributed by atoms with E-state index >= 15 is 0 Å². The third-order valence-corrected chi connectivity index (χ3v) is 12.7. The van der Waals surface area contributed by atoms with Crippen LogP contribution < -0.4 is 0 Å². The number of thiophene rings is 2. The van der Waals surface area contributed by atoms with Gasteiger partial charge in [-0.15, -0.1) is 22.7 Å². The highest BCUT2D eigenvalue weighted by Crippen LogP contribution is 2.41. The van der Waals surface area contributed by atoms with Gasteiger partial charge in [0.2, 0.25) is 0 Å². The molecule has 8 aromatic carbocycles. The van der Waals surface area contributed by atoms with Crippen LogP contribution in [0, 0.1) is 0 Å². The van der Waals surface area contributed by atoms with Gasteiger partial charge >= 0.3 is 0 Å². The van der Waals surface area contributed by atoms with Crippen LogP contribution in [0.1, 0.15) is 0 Å². The van der Waals surface area contributed by atoms with Gasteiger partial charge < -0.3 is 0 Å². The van der Waals surface area contributed by atoms with Crippen LogP contribution in [0.25, 0.3) is 107 Å². The smallest absolute Gasteiger partial charge is 0.160 e. The first kappa shape index (κ1) is 31.1. The van der Waals surface area contributed by atoms with Crippen LogP contribution in [0.4, 0.5) is 0 Å². The number of hydrogen-bond acceptors (Lipinski definition) is 4. The fourth-order valence-electron chi connectivity index (χ4n) is 7.73. The van der Waals surface area contributed by atoms with Crippen molar-refractivity contribution in [1.82, 2.24) is 9.97 Å². The van der Waals surface area contributed by atoms with Crippen LogP contribution in [0.2, 0.25) is 0 Å². The first-order valence-electron chi connectivity index (χ1n) is 18.1. The van der Waals surface area contributed by atoms with Crippen molar-refractivity contribution in [3.05, 3.63) is 182 Å². The standard InChI is InChI=1S/C50H30N2S2/c1-2-11-32(12-3-1)50-51-44(36-19-18-31-10-4-5-13-33(31)24-36)30-45(52-50)39-26-37(34-20-22-42-40-14-6-8-16-46(40)53-48(42)28-34)25-38(27-39)35-21-23-43-41-15-7-9-17-47(41)54-49(43)29-35/h1-30H. The Morgan fingerprint density at radius 3 is 1.43 bits per heavy atom. The maximum atomic E-state index is 5.28. The van der Waals surface area contributed by atoms with E-state index in [1.54, 1.807) is 0 Å². The van der Waals surface area contributed by atoms with Crippen LogP contribution >= 0.6 is 22.7 Å². The van der Waals surface area contributed by atoms with Crippen LogP contribution in [-0.2, 0) is 0 Å². The zero-order valence-corrected chi connectivity index (χ0v) is 30.7. The van der Waals surface area contributed by atoms with Crippen molar-refractivity contribution in [2.24, 2.45) is 0 Å². The van der Waals surface area contributed by atoms with Crippen molar-refractivity contribution in [2.45, 2.75) is 0 Å². The first-order chi connectivity index (χ1) is 26.7. The summed E-state index contributed by atoms with van der Waals surface area (Å²) in [7, 11) is 0. The molecule has 0 fully saturated rings. The highest BCUT2D eigenvalue weighted by Gasteiger charge is 2.16. The summed E-state index contributed by atoms with van der Waals surface area (Å²) < 4.78 is 5.21. The minimum Gasteiger partial charge on any atom is -0.228 e. The van der Waals surface area contributed by atoms with E-state index in [0.717, 1.165) is 39.2 Å². The molecule has 0 saturated heterocycles. The van der Waals surface area contributed by atoms with Crippen molar-refractivity contribution in [3.8, 4) is 56.2 Å². The van der Waals surface area contributed by atoms with Crippen molar-refractivity contribution in [1.29, 1.82) is 0 Å². The average molecular weight is 723 g/mol. The molecule has 0 spiro atoms. The van der Waals surface area contributed by atoms with Gasteiger partial charge in [0, 0.05) is 57.0 Å². The van der Waals surface area contributed by atoms with Crippen molar-refractivity contribution >= 4 is 73.8 Å². The molecule has 0 amide bonds. The molecule has 252 valence electrons. The van der Waals surface area contributed by atoms with Crippen LogP contribution in [0.5, 0.6) is 0 Å². The number of hydrogen-bond donors (Lipinski definition) is 0. The monoisotopic (exact) mass is 722 g/mol. The van der Waals surface area contributed by atoms with E-state index in [1.807, 2.05) is 40.9 Å². The lowest BCUT2D eigenvalue weighted by molar-refractivity contribution is 1.18. The highest BCUT2D eigenvalue weighted by atomic mass is 32.1. The molecule has 0 aliphatic rings. The molecule has 3 aromatic heterocycles. The zero-order chi connectivity index (χ0) is 35.6. The quantitative estimate of drug-likeness (QED) is 0.177. The third kappa shape index (κ3) is 5.38. The number of nitrogens with zero attached hydrogens (tertiary/aromatic N) is 2. The van der Waals surface area contributed by atoms with E-state index in [4.69, 9.17) is 9.97 Å². The Labute approximate surface area is 320 Å². The fraction of sp³-hybridized carbons (Fsp3) is 0. The van der Waals surface area contributed by atoms with Gasteiger partial charge in [0.05, 0.1) is 11.4 Å². The minimum atomic E-state index is 0.710. The second kappa shape index (κ2) is 12.6. The topological polar surface area (TPSA) is 25.8 Å². The van der Waals surface area contributed by atoms with Gasteiger partial charge in [-0.05, 0) is 87.6 Å². The Balaban J connectivity index is 1.13. The highest BCUT2D eigenvalue weighted by molar-refractivity contribution is 7.26. The molecule has 0 radical (unpaired) electrons. The molecule has 3 heterocycles. The molecule has 11 rings (SSSR count). The second-order valence-electron chi connectivity index (χ2n) is 13.8. The Bertz CT molecular complexity index is 3100. The molecule has 11 aromatic rings. The Hall–Kier alpha value is -6.46. The molecule has 0 N–H and O–H groups in total. The second-order valence-corrected chi connectivity index (χ2v) is 16.0. The van der Waals surface area contributed by atoms with E-state index in [9.17, 15) is 0 Å². The minimum absolute atomic E-state index is 0.710. The van der Waals surface area contributed by atoms with Crippen LogP contribution in [-0.4, -0.2) is 9.97 Å². The van der Waals surface area contributed by atoms with Gasteiger partial charge in [-0.2, -0.15) is 0 Å². The van der Waals surface area contributed by atoms with Crippen molar-refractivity contribution in [2.75, 3.05) is 0 Å². The van der Waals surface area contributed by atoms with Gasteiger partial charge in [-0.3, -0.25) is 0 Å². The lowest BCUT2D eigenvalue weighted by Gasteiger charge is -2.14. The summed E-state index contributed by atoms with van der Waals surface area (Å²) in [5, 5.41) is 7.62. The Kier molecular flexibility index (Phi) is 7.25. The SMILES string of the molecule is c1ccc(-c2nc(-c3cc(-c4ccc5c(c4)sc4ccccc45)cc(-c4ccc5c(c4)sc4ccccc45)c3)cc(-c3ccc4ccccc4c3)n2)cc1. The molecule has 0 unspecified atom stereocenters. The largest absolute Gasteiger partial charge is 0.228 e. The lowest BCUT2D eigenvalue weighted by Crippen LogP contribution is -1.96.